The molecule has 16 heavy (non-hydrogen) atoms. The van der Waals surface area contributed by atoms with E-state index in [4.69, 9.17) is 5.73 Å². The number of rotatable bonds is 3. The molecule has 0 aliphatic carbocycles. The Balaban J connectivity index is 2.41. The van der Waals surface area contributed by atoms with Gasteiger partial charge in [-0.05, 0) is 18.1 Å². The number of para-hydroxylation sites is 1. The number of carbonyl (C=O) groups excluding carboxylic acids is 1. The molecule has 0 fully saturated rings. The van der Waals surface area contributed by atoms with E-state index >= 15 is 0 Å². The van der Waals surface area contributed by atoms with Crippen molar-refractivity contribution in [1.82, 2.24) is 4.98 Å². The molecule has 1 atom stereocenters. The Morgan fingerprint density at radius 1 is 1.38 bits per heavy atom. The summed E-state index contributed by atoms with van der Waals surface area (Å²) in [4.78, 5) is 15.0. The molecule has 3 nitrogen and oxygen atoms in total. The molecule has 82 valence electrons. The normalized spacial score (nSPS) is 12.6. The SMILES string of the molecule is NC(=O)C(Br)Cc1cccc2cccnc12. The van der Waals surface area contributed by atoms with Gasteiger partial charge in [-0.2, -0.15) is 0 Å². The lowest BCUT2D eigenvalue weighted by atomic mass is 10.1. The lowest BCUT2D eigenvalue weighted by Gasteiger charge is -2.08. The summed E-state index contributed by atoms with van der Waals surface area (Å²) in [6.07, 6.45) is 2.31. The Morgan fingerprint density at radius 2 is 2.12 bits per heavy atom. The number of pyridine rings is 1. The Kier molecular flexibility index (Phi) is 3.19. The zero-order chi connectivity index (χ0) is 11.5. The molecule has 2 N–H and O–H groups in total. The maximum absolute atomic E-state index is 11.0. The molecule has 0 bridgehead atoms. The number of benzene rings is 1. The number of nitrogens with two attached hydrogens (primary N) is 1. The Hall–Kier alpha value is -1.42. The maximum atomic E-state index is 11.0. The second-order valence-corrected chi connectivity index (χ2v) is 4.67. The van der Waals surface area contributed by atoms with Crippen LogP contribution in [-0.4, -0.2) is 15.7 Å². The van der Waals surface area contributed by atoms with Gasteiger partial charge in [-0.15, -0.1) is 0 Å². The molecule has 0 radical (unpaired) electrons. The average Bonchev–Trinajstić information content (AvgIpc) is 2.29. The van der Waals surface area contributed by atoms with Crippen molar-refractivity contribution in [2.75, 3.05) is 0 Å². The fraction of sp³-hybridized carbons (Fsp3) is 0.167. The van der Waals surface area contributed by atoms with Crippen molar-refractivity contribution in [3.8, 4) is 0 Å². The van der Waals surface area contributed by atoms with Gasteiger partial charge in [0.05, 0.1) is 10.3 Å². The van der Waals surface area contributed by atoms with Crippen molar-refractivity contribution in [3.05, 3.63) is 42.1 Å². The fourth-order valence-electron chi connectivity index (χ4n) is 1.63. The van der Waals surface area contributed by atoms with E-state index in [0.717, 1.165) is 16.5 Å². The van der Waals surface area contributed by atoms with Crippen molar-refractivity contribution in [2.45, 2.75) is 11.2 Å². The monoisotopic (exact) mass is 278 g/mol. The minimum absolute atomic E-state index is 0.347. The van der Waals surface area contributed by atoms with Crippen molar-refractivity contribution in [1.29, 1.82) is 0 Å². The van der Waals surface area contributed by atoms with Crippen LogP contribution < -0.4 is 5.73 Å². The fourth-order valence-corrected chi connectivity index (χ4v) is 1.97. The number of nitrogens with zero attached hydrogens (tertiary/aromatic N) is 1. The van der Waals surface area contributed by atoms with Crippen LogP contribution in [0.3, 0.4) is 0 Å². The minimum atomic E-state index is -0.354. The molecule has 0 aliphatic heterocycles. The summed E-state index contributed by atoms with van der Waals surface area (Å²) in [5, 5.41) is 1.07. The van der Waals surface area contributed by atoms with Crippen molar-refractivity contribution in [3.63, 3.8) is 0 Å². The molecule has 0 spiro atoms. The van der Waals surface area contributed by atoms with Gasteiger partial charge in [-0.1, -0.05) is 40.2 Å². The average molecular weight is 279 g/mol. The van der Waals surface area contributed by atoms with Gasteiger partial charge in [0.15, 0.2) is 0 Å². The van der Waals surface area contributed by atoms with Crippen LogP contribution in [0, 0.1) is 0 Å². The van der Waals surface area contributed by atoms with Crippen molar-refractivity contribution in [2.24, 2.45) is 5.73 Å². The minimum Gasteiger partial charge on any atom is -0.369 e. The van der Waals surface area contributed by atoms with E-state index in [1.165, 1.54) is 0 Å². The summed E-state index contributed by atoms with van der Waals surface area (Å²) < 4.78 is 0. The highest BCUT2D eigenvalue weighted by atomic mass is 79.9. The van der Waals surface area contributed by atoms with Gasteiger partial charge >= 0.3 is 0 Å². The molecule has 4 heteroatoms. The van der Waals surface area contributed by atoms with Crippen molar-refractivity contribution >= 4 is 32.7 Å². The van der Waals surface area contributed by atoms with Gasteiger partial charge in [-0.25, -0.2) is 0 Å². The summed E-state index contributed by atoms with van der Waals surface area (Å²) in [7, 11) is 0. The number of hydrogen-bond acceptors (Lipinski definition) is 2. The smallest absolute Gasteiger partial charge is 0.231 e. The zero-order valence-electron chi connectivity index (χ0n) is 8.56. The van der Waals surface area contributed by atoms with Crippen LogP contribution in [-0.2, 0) is 11.2 Å². The molecule has 0 aliphatic rings. The molecule has 1 aromatic carbocycles. The number of alkyl halides is 1. The molecule has 1 aromatic heterocycles. The molecule has 1 amide bonds. The third-order valence-corrected chi connectivity index (χ3v) is 3.20. The van der Waals surface area contributed by atoms with Crippen LogP contribution in [0.15, 0.2) is 36.5 Å². The molecule has 1 unspecified atom stereocenters. The van der Waals surface area contributed by atoms with Gasteiger partial charge < -0.3 is 5.73 Å². The summed E-state index contributed by atoms with van der Waals surface area (Å²) >= 11 is 3.26. The van der Waals surface area contributed by atoms with E-state index in [1.807, 2.05) is 30.3 Å². The van der Waals surface area contributed by atoms with E-state index in [-0.39, 0.29) is 10.7 Å². The van der Waals surface area contributed by atoms with Crippen LogP contribution in [0.2, 0.25) is 0 Å². The molecular formula is C12H11BrN2O. The van der Waals surface area contributed by atoms with Crippen LogP contribution in [0.4, 0.5) is 0 Å². The van der Waals surface area contributed by atoms with E-state index < -0.39 is 0 Å². The summed E-state index contributed by atoms with van der Waals surface area (Å²) in [6.45, 7) is 0. The number of hydrogen-bond donors (Lipinski definition) is 1. The van der Waals surface area contributed by atoms with E-state index in [9.17, 15) is 4.79 Å². The Labute approximate surface area is 102 Å². The van der Waals surface area contributed by atoms with E-state index in [2.05, 4.69) is 20.9 Å². The standard InChI is InChI=1S/C12H11BrN2O/c13-10(12(14)16)7-9-4-1-3-8-5-2-6-15-11(8)9/h1-6,10H,7H2,(H2,14,16). The van der Waals surface area contributed by atoms with Gasteiger partial charge in [0.2, 0.25) is 5.91 Å². The van der Waals surface area contributed by atoms with Gasteiger partial charge in [0.25, 0.3) is 0 Å². The quantitative estimate of drug-likeness (QED) is 0.874. The summed E-state index contributed by atoms with van der Waals surface area (Å²) in [5.74, 6) is -0.354. The van der Waals surface area contributed by atoms with Gasteiger partial charge in [0.1, 0.15) is 0 Å². The molecule has 2 aromatic rings. The predicted octanol–water partition coefficient (Wildman–Crippen LogP) is 2.03. The summed E-state index contributed by atoms with van der Waals surface area (Å²) in [6, 6.07) is 9.82. The second-order valence-electron chi connectivity index (χ2n) is 3.57. The third-order valence-electron chi connectivity index (χ3n) is 2.42. The first-order valence-corrected chi connectivity index (χ1v) is 5.86. The molecule has 2 rings (SSSR count). The van der Waals surface area contributed by atoms with Gasteiger partial charge in [0, 0.05) is 11.6 Å². The largest absolute Gasteiger partial charge is 0.369 e. The van der Waals surface area contributed by atoms with E-state index in [1.54, 1.807) is 6.20 Å². The lowest BCUT2D eigenvalue weighted by molar-refractivity contribution is -0.117. The van der Waals surface area contributed by atoms with E-state index in [0.29, 0.717) is 6.42 Å². The lowest BCUT2D eigenvalue weighted by Crippen LogP contribution is -2.25. The number of aromatic nitrogens is 1. The summed E-state index contributed by atoms with van der Waals surface area (Å²) in [5.41, 5.74) is 7.17. The Bertz CT molecular complexity index is 522. The highest BCUT2D eigenvalue weighted by Crippen LogP contribution is 2.19. The molecule has 1 heterocycles. The molecule has 0 saturated carbocycles. The number of primary amides is 1. The first kappa shape index (κ1) is 11.1. The first-order chi connectivity index (χ1) is 7.68. The Morgan fingerprint density at radius 3 is 2.88 bits per heavy atom. The molecule has 0 saturated heterocycles. The number of halogens is 1. The highest BCUT2D eigenvalue weighted by molar-refractivity contribution is 9.10. The number of carbonyl (C=O) groups is 1. The van der Waals surface area contributed by atoms with Crippen LogP contribution in [0.5, 0.6) is 0 Å². The van der Waals surface area contributed by atoms with Crippen molar-refractivity contribution < 1.29 is 4.79 Å². The maximum Gasteiger partial charge on any atom is 0.231 e. The molecular weight excluding hydrogens is 268 g/mol. The predicted molar refractivity (Wildman–Crippen MR) is 67.4 cm³/mol. The van der Waals surface area contributed by atoms with Gasteiger partial charge in [-0.3, -0.25) is 9.78 Å². The highest BCUT2D eigenvalue weighted by Gasteiger charge is 2.13. The zero-order valence-corrected chi connectivity index (χ0v) is 10.1. The second kappa shape index (κ2) is 4.61. The topological polar surface area (TPSA) is 56.0 Å². The third kappa shape index (κ3) is 2.22. The van der Waals surface area contributed by atoms with Crippen LogP contribution in [0.25, 0.3) is 10.9 Å². The van der Waals surface area contributed by atoms with Crippen LogP contribution >= 0.6 is 15.9 Å². The number of amides is 1. The number of fused-ring (bicyclic) bond motifs is 1. The first-order valence-electron chi connectivity index (χ1n) is 4.94. The van der Waals surface area contributed by atoms with Crippen LogP contribution in [0.1, 0.15) is 5.56 Å².